The molecule has 0 aliphatic heterocycles. The van der Waals surface area contributed by atoms with E-state index in [4.69, 9.17) is 32.5 Å². The summed E-state index contributed by atoms with van der Waals surface area (Å²) in [5.41, 5.74) is 1.62. The van der Waals surface area contributed by atoms with Gasteiger partial charge < -0.3 is 14.6 Å². The highest BCUT2D eigenvalue weighted by Crippen LogP contribution is 2.33. The zero-order valence-electron chi connectivity index (χ0n) is 10.7. The number of ether oxygens (including phenoxy) is 1. The predicted molar refractivity (Wildman–Crippen MR) is 74.8 cm³/mol. The molecule has 0 unspecified atom stereocenters. The fourth-order valence-corrected chi connectivity index (χ4v) is 2.32. The van der Waals surface area contributed by atoms with Crippen molar-refractivity contribution < 1.29 is 9.26 Å². The van der Waals surface area contributed by atoms with Crippen molar-refractivity contribution in [2.45, 2.75) is 20.1 Å². The van der Waals surface area contributed by atoms with Crippen LogP contribution in [0.4, 0.5) is 0 Å². The minimum Gasteiger partial charge on any atom is -0.485 e. The van der Waals surface area contributed by atoms with Gasteiger partial charge in [-0.05, 0) is 26.1 Å². The lowest BCUT2D eigenvalue weighted by Crippen LogP contribution is -2.08. The van der Waals surface area contributed by atoms with Crippen LogP contribution in [-0.2, 0) is 13.2 Å². The van der Waals surface area contributed by atoms with E-state index in [-0.39, 0.29) is 0 Å². The van der Waals surface area contributed by atoms with Gasteiger partial charge in [0.2, 0.25) is 0 Å². The summed E-state index contributed by atoms with van der Waals surface area (Å²) in [5, 5.41) is 7.99. The number of halogens is 2. The molecule has 0 aliphatic carbocycles. The third kappa shape index (κ3) is 3.62. The number of benzene rings is 1. The van der Waals surface area contributed by atoms with Crippen LogP contribution in [0.3, 0.4) is 0 Å². The second-order valence-corrected chi connectivity index (χ2v) is 4.97. The quantitative estimate of drug-likeness (QED) is 0.917. The number of hydrogen-bond donors (Lipinski definition) is 1. The molecule has 6 heteroatoms. The zero-order chi connectivity index (χ0) is 13.8. The van der Waals surface area contributed by atoms with E-state index in [9.17, 15) is 0 Å². The molecule has 4 nitrogen and oxygen atoms in total. The van der Waals surface area contributed by atoms with Crippen molar-refractivity contribution in [2.24, 2.45) is 0 Å². The maximum Gasteiger partial charge on any atom is 0.143 e. The van der Waals surface area contributed by atoms with Gasteiger partial charge in [-0.2, -0.15) is 0 Å². The van der Waals surface area contributed by atoms with Crippen LogP contribution in [0.5, 0.6) is 5.75 Å². The highest BCUT2D eigenvalue weighted by atomic mass is 35.5. The Bertz CT molecular complexity index is 570. The van der Waals surface area contributed by atoms with E-state index in [1.165, 1.54) is 0 Å². The summed E-state index contributed by atoms with van der Waals surface area (Å²) in [4.78, 5) is 0. The molecule has 0 fully saturated rings. The normalized spacial score (nSPS) is 10.7. The van der Waals surface area contributed by atoms with Gasteiger partial charge in [-0.1, -0.05) is 28.4 Å². The average Bonchev–Trinajstić information content (AvgIpc) is 2.74. The van der Waals surface area contributed by atoms with Crippen molar-refractivity contribution in [3.05, 3.63) is 45.3 Å². The number of rotatable bonds is 5. The first-order valence-electron chi connectivity index (χ1n) is 5.77. The van der Waals surface area contributed by atoms with Gasteiger partial charge in [0.05, 0.1) is 5.02 Å². The first-order chi connectivity index (χ1) is 9.10. The predicted octanol–water partition coefficient (Wildman–Crippen LogP) is 3.59. The molecule has 2 aromatic rings. The minimum absolute atomic E-state index is 0.301. The maximum absolute atomic E-state index is 6.16. The summed E-state index contributed by atoms with van der Waals surface area (Å²) in [7, 11) is 1.85. The molecular weight excluding hydrogens is 287 g/mol. The number of aryl methyl sites for hydroxylation is 1. The third-order valence-electron chi connectivity index (χ3n) is 2.49. The van der Waals surface area contributed by atoms with Gasteiger partial charge in [-0.25, -0.2) is 0 Å². The topological polar surface area (TPSA) is 47.3 Å². The molecule has 1 N–H and O–H groups in total. The van der Waals surface area contributed by atoms with Gasteiger partial charge in [0.15, 0.2) is 0 Å². The Morgan fingerprint density at radius 1 is 1.32 bits per heavy atom. The lowest BCUT2D eigenvalue weighted by atomic mass is 10.2. The van der Waals surface area contributed by atoms with E-state index >= 15 is 0 Å². The van der Waals surface area contributed by atoms with Crippen LogP contribution >= 0.6 is 23.2 Å². The van der Waals surface area contributed by atoms with Crippen molar-refractivity contribution in [1.82, 2.24) is 10.5 Å². The van der Waals surface area contributed by atoms with Gasteiger partial charge in [0, 0.05) is 23.2 Å². The highest BCUT2D eigenvalue weighted by Gasteiger charge is 2.11. The Morgan fingerprint density at radius 3 is 2.74 bits per heavy atom. The zero-order valence-corrected chi connectivity index (χ0v) is 12.2. The second kappa shape index (κ2) is 6.28. The average molecular weight is 301 g/mol. The van der Waals surface area contributed by atoms with Crippen molar-refractivity contribution >= 4 is 23.2 Å². The fourth-order valence-electron chi connectivity index (χ4n) is 1.73. The molecule has 19 heavy (non-hydrogen) atoms. The molecule has 0 atom stereocenters. The summed E-state index contributed by atoms with van der Waals surface area (Å²) in [6, 6.07) is 5.31. The molecule has 1 aromatic heterocycles. The molecule has 1 heterocycles. The first-order valence-corrected chi connectivity index (χ1v) is 6.53. The molecule has 1 aromatic carbocycles. The molecule has 0 spiro atoms. The molecule has 0 saturated heterocycles. The van der Waals surface area contributed by atoms with Crippen molar-refractivity contribution in [2.75, 3.05) is 7.05 Å². The van der Waals surface area contributed by atoms with E-state index in [0.717, 1.165) is 17.0 Å². The van der Waals surface area contributed by atoms with Crippen LogP contribution in [0.15, 0.2) is 22.7 Å². The highest BCUT2D eigenvalue weighted by molar-refractivity contribution is 6.35. The molecule has 0 radical (unpaired) electrons. The smallest absolute Gasteiger partial charge is 0.143 e. The largest absolute Gasteiger partial charge is 0.485 e. The van der Waals surface area contributed by atoms with E-state index in [1.807, 2.05) is 26.1 Å². The maximum atomic E-state index is 6.16. The third-order valence-corrected chi connectivity index (χ3v) is 2.99. The number of hydrogen-bond acceptors (Lipinski definition) is 4. The molecule has 0 saturated carbocycles. The van der Waals surface area contributed by atoms with Crippen LogP contribution < -0.4 is 10.1 Å². The summed E-state index contributed by atoms with van der Waals surface area (Å²) >= 11 is 12.1. The van der Waals surface area contributed by atoms with E-state index < -0.39 is 0 Å². The van der Waals surface area contributed by atoms with Crippen LogP contribution in [0, 0.1) is 6.92 Å². The summed E-state index contributed by atoms with van der Waals surface area (Å²) in [6.07, 6.45) is 0. The Balaban J connectivity index is 2.18. The Kier molecular flexibility index (Phi) is 4.69. The first kappa shape index (κ1) is 14.2. The standard InChI is InChI=1S/C13H14Cl2N2O2/c1-8-3-11(17-19-8)7-18-13-9(6-16-2)4-10(14)5-12(13)15/h3-5,16H,6-7H2,1-2H3. The lowest BCUT2D eigenvalue weighted by Gasteiger charge is -2.12. The molecule has 2 rings (SSSR count). The summed E-state index contributed by atoms with van der Waals surface area (Å²) in [6.45, 7) is 2.75. The van der Waals surface area contributed by atoms with Crippen LogP contribution in [-0.4, -0.2) is 12.2 Å². The SMILES string of the molecule is CNCc1cc(Cl)cc(Cl)c1OCc1cc(C)on1. The van der Waals surface area contributed by atoms with Crippen LogP contribution in [0.2, 0.25) is 10.0 Å². The van der Waals surface area contributed by atoms with Crippen LogP contribution in [0.25, 0.3) is 0 Å². The molecule has 0 aliphatic rings. The van der Waals surface area contributed by atoms with E-state index in [1.54, 1.807) is 6.07 Å². The molecule has 0 amide bonds. The molecular formula is C13H14Cl2N2O2. The number of aromatic nitrogens is 1. The second-order valence-electron chi connectivity index (χ2n) is 4.12. The molecule has 102 valence electrons. The van der Waals surface area contributed by atoms with Crippen molar-refractivity contribution in [1.29, 1.82) is 0 Å². The minimum atomic E-state index is 0.301. The Morgan fingerprint density at radius 2 is 2.11 bits per heavy atom. The van der Waals surface area contributed by atoms with Gasteiger partial charge in [0.25, 0.3) is 0 Å². The van der Waals surface area contributed by atoms with Gasteiger partial charge in [-0.15, -0.1) is 0 Å². The van der Waals surface area contributed by atoms with Gasteiger partial charge in [-0.3, -0.25) is 0 Å². The molecule has 0 bridgehead atoms. The van der Waals surface area contributed by atoms with Crippen LogP contribution in [0.1, 0.15) is 17.0 Å². The summed E-state index contributed by atoms with van der Waals surface area (Å²) < 4.78 is 10.7. The fraction of sp³-hybridized carbons (Fsp3) is 0.308. The summed E-state index contributed by atoms with van der Waals surface area (Å²) in [5.74, 6) is 1.36. The Hall–Kier alpha value is -1.23. The number of nitrogens with zero attached hydrogens (tertiary/aromatic N) is 1. The number of nitrogens with one attached hydrogen (secondary N) is 1. The van der Waals surface area contributed by atoms with Gasteiger partial charge in [0.1, 0.15) is 23.8 Å². The lowest BCUT2D eigenvalue weighted by molar-refractivity contribution is 0.285. The van der Waals surface area contributed by atoms with Crippen molar-refractivity contribution in [3.8, 4) is 5.75 Å². The van der Waals surface area contributed by atoms with E-state index in [0.29, 0.717) is 28.9 Å². The van der Waals surface area contributed by atoms with Crippen molar-refractivity contribution in [3.63, 3.8) is 0 Å². The monoisotopic (exact) mass is 300 g/mol. The van der Waals surface area contributed by atoms with E-state index in [2.05, 4.69) is 10.5 Å². The van der Waals surface area contributed by atoms with Gasteiger partial charge >= 0.3 is 0 Å². The Labute approximate surface area is 121 Å².